The molecule has 2 rings (SSSR count). The number of hydrogen-bond acceptors (Lipinski definition) is 4. The largest absolute Gasteiger partial charge is 0.381 e. The zero-order chi connectivity index (χ0) is 14.4. The molecule has 5 nitrogen and oxygen atoms in total. The van der Waals surface area contributed by atoms with E-state index in [1.807, 2.05) is 37.4 Å². The fourth-order valence-corrected chi connectivity index (χ4v) is 2.29. The number of rotatable bonds is 5. The summed E-state index contributed by atoms with van der Waals surface area (Å²) in [6.07, 6.45) is 1.18. The van der Waals surface area contributed by atoms with Crippen LogP contribution >= 0.6 is 0 Å². The number of likely N-dealkylation sites (N-methyl/N-ethyl adjacent to an activating group) is 1. The summed E-state index contributed by atoms with van der Waals surface area (Å²) in [4.78, 5) is 14.2. The van der Waals surface area contributed by atoms with E-state index in [-0.39, 0.29) is 5.91 Å². The van der Waals surface area contributed by atoms with Gasteiger partial charge in [-0.05, 0) is 25.0 Å². The van der Waals surface area contributed by atoms with Gasteiger partial charge in [0.25, 0.3) is 0 Å². The summed E-state index contributed by atoms with van der Waals surface area (Å²) in [5, 5.41) is 2.93. The molecule has 0 atom stereocenters. The zero-order valence-corrected chi connectivity index (χ0v) is 12.0. The van der Waals surface area contributed by atoms with Crippen molar-refractivity contribution in [3.63, 3.8) is 0 Å². The minimum absolute atomic E-state index is 0.0674. The minimum Gasteiger partial charge on any atom is -0.381 e. The van der Waals surface area contributed by atoms with Crippen LogP contribution in [-0.4, -0.2) is 44.8 Å². The number of anilines is 1. The number of carbonyl (C=O) groups is 1. The molecular weight excluding hydrogens is 254 g/mol. The number of hydrogen-bond donors (Lipinski definition) is 2. The van der Waals surface area contributed by atoms with Crippen LogP contribution in [0.4, 0.5) is 5.69 Å². The molecular formula is C15H23N3O2. The van der Waals surface area contributed by atoms with E-state index in [1.165, 1.54) is 0 Å². The molecule has 1 amide bonds. The van der Waals surface area contributed by atoms with Gasteiger partial charge in [-0.15, -0.1) is 0 Å². The van der Waals surface area contributed by atoms with Crippen LogP contribution in [0, 0.1) is 0 Å². The van der Waals surface area contributed by atoms with Gasteiger partial charge in [0.15, 0.2) is 0 Å². The lowest BCUT2D eigenvalue weighted by atomic mass is 9.90. The van der Waals surface area contributed by atoms with E-state index in [1.54, 1.807) is 0 Å². The van der Waals surface area contributed by atoms with Crippen LogP contribution in [0.2, 0.25) is 0 Å². The van der Waals surface area contributed by atoms with E-state index in [0.29, 0.717) is 32.6 Å². The second-order valence-electron chi connectivity index (χ2n) is 5.28. The third kappa shape index (κ3) is 3.71. The molecule has 20 heavy (non-hydrogen) atoms. The van der Waals surface area contributed by atoms with Gasteiger partial charge in [-0.1, -0.05) is 18.2 Å². The van der Waals surface area contributed by atoms with Crippen LogP contribution in [0.3, 0.4) is 0 Å². The molecule has 1 fully saturated rings. The number of nitrogens with one attached hydrogen (secondary N) is 1. The van der Waals surface area contributed by atoms with Crippen LogP contribution in [0.1, 0.15) is 12.8 Å². The maximum absolute atomic E-state index is 12.1. The number of nitrogens with two attached hydrogens (primary N) is 1. The molecule has 3 N–H and O–H groups in total. The van der Waals surface area contributed by atoms with Crippen molar-refractivity contribution in [2.75, 3.05) is 38.3 Å². The summed E-state index contributed by atoms with van der Waals surface area (Å²) in [5.74, 6) is -0.0674. The minimum atomic E-state index is -0.760. The number of para-hydroxylation sites is 1. The lowest BCUT2D eigenvalue weighted by Crippen LogP contribution is -2.57. The summed E-state index contributed by atoms with van der Waals surface area (Å²) in [5.41, 5.74) is 6.50. The molecule has 0 aromatic heterocycles. The normalized spacial score (nSPS) is 17.5. The summed E-state index contributed by atoms with van der Waals surface area (Å²) < 4.78 is 5.25. The Bertz CT molecular complexity index is 430. The molecule has 0 unspecified atom stereocenters. The molecule has 0 bridgehead atoms. The van der Waals surface area contributed by atoms with E-state index in [0.717, 1.165) is 12.2 Å². The van der Waals surface area contributed by atoms with Gasteiger partial charge in [0.1, 0.15) is 0 Å². The predicted molar refractivity (Wildman–Crippen MR) is 79.7 cm³/mol. The second-order valence-corrected chi connectivity index (χ2v) is 5.28. The molecule has 0 aliphatic carbocycles. The van der Waals surface area contributed by atoms with Crippen LogP contribution in [0.5, 0.6) is 0 Å². The molecule has 0 spiro atoms. The Morgan fingerprint density at radius 1 is 1.35 bits per heavy atom. The molecule has 5 heteroatoms. The highest BCUT2D eigenvalue weighted by Crippen LogP contribution is 2.17. The first-order chi connectivity index (χ1) is 9.62. The first kappa shape index (κ1) is 14.8. The van der Waals surface area contributed by atoms with Crippen molar-refractivity contribution in [2.45, 2.75) is 18.4 Å². The average Bonchev–Trinajstić information content (AvgIpc) is 2.48. The van der Waals surface area contributed by atoms with E-state index in [2.05, 4.69) is 10.2 Å². The van der Waals surface area contributed by atoms with Gasteiger partial charge >= 0.3 is 0 Å². The van der Waals surface area contributed by atoms with Gasteiger partial charge < -0.3 is 20.7 Å². The van der Waals surface area contributed by atoms with Crippen LogP contribution in [0.15, 0.2) is 30.3 Å². The standard InChI is InChI=1S/C15H23N3O2/c1-18(13-5-3-2-4-6-13)10-9-17-14(19)15(16)7-11-20-12-8-15/h2-6H,7-12,16H2,1H3,(H,17,19). The molecule has 1 heterocycles. The quantitative estimate of drug-likeness (QED) is 0.833. The van der Waals surface area contributed by atoms with Crippen molar-refractivity contribution < 1.29 is 9.53 Å². The van der Waals surface area contributed by atoms with Gasteiger partial charge in [0.2, 0.25) is 5.91 Å². The van der Waals surface area contributed by atoms with Gasteiger partial charge in [-0.3, -0.25) is 4.79 Å². The smallest absolute Gasteiger partial charge is 0.240 e. The molecule has 1 saturated heterocycles. The third-order valence-electron chi connectivity index (χ3n) is 3.77. The van der Waals surface area contributed by atoms with Gasteiger partial charge in [-0.25, -0.2) is 0 Å². The Hall–Kier alpha value is -1.59. The molecule has 1 aromatic carbocycles. The molecule has 0 saturated carbocycles. The molecule has 1 aromatic rings. The van der Waals surface area contributed by atoms with Crippen molar-refractivity contribution in [3.8, 4) is 0 Å². The van der Waals surface area contributed by atoms with Crippen molar-refractivity contribution in [1.82, 2.24) is 5.32 Å². The fraction of sp³-hybridized carbons (Fsp3) is 0.533. The number of benzene rings is 1. The molecule has 1 aliphatic rings. The van der Waals surface area contributed by atoms with Gasteiger partial charge in [0.05, 0.1) is 5.54 Å². The molecule has 0 radical (unpaired) electrons. The summed E-state index contributed by atoms with van der Waals surface area (Å²) in [7, 11) is 2.01. The first-order valence-corrected chi connectivity index (χ1v) is 7.03. The highest BCUT2D eigenvalue weighted by molar-refractivity contribution is 5.86. The fourth-order valence-electron chi connectivity index (χ4n) is 2.29. The lowest BCUT2D eigenvalue weighted by Gasteiger charge is -2.32. The van der Waals surface area contributed by atoms with Crippen molar-refractivity contribution in [1.29, 1.82) is 0 Å². The zero-order valence-electron chi connectivity index (χ0n) is 12.0. The monoisotopic (exact) mass is 277 g/mol. The number of carbonyl (C=O) groups excluding carboxylic acids is 1. The lowest BCUT2D eigenvalue weighted by molar-refractivity contribution is -0.129. The Kier molecular flexibility index (Phi) is 4.98. The van der Waals surface area contributed by atoms with Crippen LogP contribution in [0.25, 0.3) is 0 Å². The van der Waals surface area contributed by atoms with E-state index < -0.39 is 5.54 Å². The second kappa shape index (κ2) is 6.72. The molecule has 1 aliphatic heterocycles. The number of nitrogens with zero attached hydrogens (tertiary/aromatic N) is 1. The maximum Gasteiger partial charge on any atom is 0.240 e. The SMILES string of the molecule is CN(CCNC(=O)C1(N)CCOCC1)c1ccccc1. The maximum atomic E-state index is 12.1. The predicted octanol–water partition coefficient (Wildman–Crippen LogP) is 0.747. The van der Waals surface area contributed by atoms with Crippen molar-refractivity contribution in [3.05, 3.63) is 30.3 Å². The Labute approximate surface area is 120 Å². The van der Waals surface area contributed by atoms with Crippen LogP contribution < -0.4 is 16.0 Å². The highest BCUT2D eigenvalue weighted by Gasteiger charge is 2.35. The summed E-state index contributed by atoms with van der Waals surface area (Å²) in [6.45, 7) is 2.47. The molecule has 110 valence electrons. The Morgan fingerprint density at radius 2 is 2.00 bits per heavy atom. The van der Waals surface area contributed by atoms with E-state index in [9.17, 15) is 4.79 Å². The van der Waals surface area contributed by atoms with Crippen molar-refractivity contribution in [2.24, 2.45) is 5.73 Å². The van der Waals surface area contributed by atoms with Crippen molar-refractivity contribution >= 4 is 11.6 Å². The summed E-state index contributed by atoms with van der Waals surface area (Å²) >= 11 is 0. The number of ether oxygens (including phenoxy) is 1. The van der Waals surface area contributed by atoms with Crippen LogP contribution in [-0.2, 0) is 9.53 Å². The van der Waals surface area contributed by atoms with Gasteiger partial charge in [-0.2, -0.15) is 0 Å². The van der Waals surface area contributed by atoms with Gasteiger partial charge in [0, 0.05) is 39.0 Å². The van der Waals surface area contributed by atoms with E-state index >= 15 is 0 Å². The topological polar surface area (TPSA) is 67.6 Å². The number of amides is 1. The summed E-state index contributed by atoms with van der Waals surface area (Å²) in [6, 6.07) is 10.1. The van der Waals surface area contributed by atoms with E-state index in [4.69, 9.17) is 10.5 Å². The first-order valence-electron chi connectivity index (χ1n) is 7.03. The Morgan fingerprint density at radius 3 is 2.65 bits per heavy atom. The Balaban J connectivity index is 1.76. The average molecular weight is 277 g/mol. The third-order valence-corrected chi connectivity index (χ3v) is 3.77. The highest BCUT2D eigenvalue weighted by atomic mass is 16.5.